The van der Waals surface area contributed by atoms with Crippen molar-refractivity contribution in [3.63, 3.8) is 0 Å². The molecule has 0 saturated carbocycles. The summed E-state index contributed by atoms with van der Waals surface area (Å²) in [6, 6.07) is 7.16. The molecule has 0 radical (unpaired) electrons. The van der Waals surface area contributed by atoms with Crippen molar-refractivity contribution in [2.45, 2.75) is 26.4 Å². The lowest BCUT2D eigenvalue weighted by Gasteiger charge is -2.06. The van der Waals surface area contributed by atoms with Crippen molar-refractivity contribution < 1.29 is 4.39 Å². The summed E-state index contributed by atoms with van der Waals surface area (Å²) in [5, 5.41) is 7.49. The first-order chi connectivity index (χ1) is 8.75. The molecule has 0 aliphatic carbocycles. The molecule has 0 spiro atoms. The van der Waals surface area contributed by atoms with E-state index < -0.39 is 0 Å². The van der Waals surface area contributed by atoms with E-state index >= 15 is 0 Å². The lowest BCUT2D eigenvalue weighted by atomic mass is 10.1. The molecule has 0 atom stereocenters. The number of halogens is 1. The summed E-state index contributed by atoms with van der Waals surface area (Å²) in [7, 11) is 0. The quantitative estimate of drug-likeness (QED) is 0.795. The van der Waals surface area contributed by atoms with E-state index in [4.69, 9.17) is 0 Å². The van der Waals surface area contributed by atoms with Gasteiger partial charge in [0.05, 0.1) is 0 Å². The van der Waals surface area contributed by atoms with Gasteiger partial charge in [-0.05, 0) is 43.1 Å². The van der Waals surface area contributed by atoms with E-state index in [9.17, 15) is 4.39 Å². The zero-order chi connectivity index (χ0) is 12.8. The predicted octanol–water partition coefficient (Wildman–Crippen LogP) is 2.51. The second-order valence-electron chi connectivity index (χ2n) is 4.38. The Balaban J connectivity index is 1.67. The molecule has 0 aliphatic heterocycles. The summed E-state index contributed by atoms with van der Waals surface area (Å²) in [6.07, 6.45) is 4.78. The van der Waals surface area contributed by atoms with Crippen molar-refractivity contribution >= 4 is 0 Å². The maximum absolute atomic E-state index is 13.1. The number of rotatable bonds is 6. The first kappa shape index (κ1) is 12.8. The fraction of sp³-hybridized carbons (Fsp3) is 0.357. The van der Waals surface area contributed by atoms with Crippen LogP contribution in [0.2, 0.25) is 0 Å². The summed E-state index contributed by atoms with van der Waals surface area (Å²) in [5.74, 6) is -0.141. The van der Waals surface area contributed by atoms with Gasteiger partial charge < -0.3 is 5.32 Å². The van der Waals surface area contributed by atoms with Crippen LogP contribution < -0.4 is 5.32 Å². The molecule has 96 valence electrons. The summed E-state index contributed by atoms with van der Waals surface area (Å²) >= 11 is 0. The average molecular weight is 247 g/mol. The monoisotopic (exact) mass is 247 g/mol. The Morgan fingerprint density at radius 3 is 3.00 bits per heavy atom. The van der Waals surface area contributed by atoms with Gasteiger partial charge in [0.15, 0.2) is 0 Å². The molecule has 0 fully saturated rings. The zero-order valence-corrected chi connectivity index (χ0v) is 10.6. The molecule has 2 aromatic rings. The van der Waals surface area contributed by atoms with Crippen molar-refractivity contribution in [3.05, 3.63) is 53.6 Å². The Hall–Kier alpha value is -1.68. The molecular formula is C14H18FN3. The molecule has 1 aromatic carbocycles. The fourth-order valence-electron chi connectivity index (χ4n) is 1.85. The van der Waals surface area contributed by atoms with Crippen LogP contribution in [0.4, 0.5) is 4.39 Å². The third-order valence-corrected chi connectivity index (χ3v) is 2.85. The van der Waals surface area contributed by atoms with E-state index in [0.29, 0.717) is 5.56 Å². The molecule has 0 bridgehead atoms. The second kappa shape index (κ2) is 6.31. The number of hydrogen-bond acceptors (Lipinski definition) is 2. The smallest absolute Gasteiger partial charge is 0.126 e. The number of aromatic nitrogens is 2. The topological polar surface area (TPSA) is 29.9 Å². The van der Waals surface area contributed by atoms with Gasteiger partial charge in [0, 0.05) is 25.5 Å². The van der Waals surface area contributed by atoms with Crippen molar-refractivity contribution in [2.75, 3.05) is 6.54 Å². The molecule has 1 heterocycles. The number of nitrogens with zero attached hydrogens (tertiary/aromatic N) is 2. The van der Waals surface area contributed by atoms with E-state index in [-0.39, 0.29) is 5.82 Å². The minimum Gasteiger partial charge on any atom is -0.313 e. The third-order valence-electron chi connectivity index (χ3n) is 2.85. The molecule has 4 heteroatoms. The van der Waals surface area contributed by atoms with Gasteiger partial charge in [-0.25, -0.2) is 4.39 Å². The fourth-order valence-corrected chi connectivity index (χ4v) is 1.85. The van der Waals surface area contributed by atoms with E-state index in [0.717, 1.165) is 31.6 Å². The van der Waals surface area contributed by atoms with Crippen LogP contribution in [0.5, 0.6) is 0 Å². The lowest BCUT2D eigenvalue weighted by molar-refractivity contribution is 0.543. The van der Waals surface area contributed by atoms with Gasteiger partial charge >= 0.3 is 0 Å². The second-order valence-corrected chi connectivity index (χ2v) is 4.38. The number of nitrogens with one attached hydrogen (secondary N) is 1. The van der Waals surface area contributed by atoms with Gasteiger partial charge in [0.25, 0.3) is 0 Å². The molecule has 1 N–H and O–H groups in total. The van der Waals surface area contributed by atoms with Gasteiger partial charge in [0.2, 0.25) is 0 Å². The van der Waals surface area contributed by atoms with Crippen LogP contribution in [0.3, 0.4) is 0 Å². The Labute approximate surface area is 107 Å². The first-order valence-electron chi connectivity index (χ1n) is 6.19. The maximum atomic E-state index is 13.1. The van der Waals surface area contributed by atoms with Gasteiger partial charge in [-0.2, -0.15) is 5.10 Å². The summed E-state index contributed by atoms with van der Waals surface area (Å²) in [4.78, 5) is 0. The SMILES string of the molecule is Cc1cc(CNCCCn2cccn2)ccc1F. The van der Waals surface area contributed by atoms with Gasteiger partial charge in [0.1, 0.15) is 5.82 Å². The minimum absolute atomic E-state index is 0.141. The largest absolute Gasteiger partial charge is 0.313 e. The Bertz CT molecular complexity index is 480. The molecule has 0 amide bonds. The molecule has 0 saturated heterocycles. The molecule has 2 rings (SSSR count). The lowest BCUT2D eigenvalue weighted by Crippen LogP contribution is -2.16. The zero-order valence-electron chi connectivity index (χ0n) is 10.6. The predicted molar refractivity (Wildman–Crippen MR) is 69.7 cm³/mol. The Morgan fingerprint density at radius 1 is 1.39 bits per heavy atom. The van der Waals surface area contributed by atoms with Gasteiger partial charge in [-0.3, -0.25) is 4.68 Å². The average Bonchev–Trinajstić information content (AvgIpc) is 2.86. The van der Waals surface area contributed by atoms with Crippen LogP contribution in [0.25, 0.3) is 0 Å². The molecule has 1 aromatic heterocycles. The van der Waals surface area contributed by atoms with Gasteiger partial charge in [-0.1, -0.05) is 12.1 Å². The minimum atomic E-state index is -0.141. The first-order valence-corrected chi connectivity index (χ1v) is 6.19. The summed E-state index contributed by atoms with van der Waals surface area (Å²) in [6.45, 7) is 4.41. The number of aryl methyl sites for hydroxylation is 2. The van der Waals surface area contributed by atoms with E-state index in [1.54, 1.807) is 13.1 Å². The van der Waals surface area contributed by atoms with Crippen molar-refractivity contribution in [3.8, 4) is 0 Å². The standard InChI is InChI=1S/C14H18FN3/c1-12-10-13(4-5-14(12)15)11-16-6-2-8-18-9-3-7-17-18/h3-5,7,9-10,16H,2,6,8,11H2,1H3. The third kappa shape index (κ3) is 3.67. The van der Waals surface area contributed by atoms with Crippen molar-refractivity contribution in [2.24, 2.45) is 0 Å². The van der Waals surface area contributed by atoms with Gasteiger partial charge in [-0.15, -0.1) is 0 Å². The van der Waals surface area contributed by atoms with Crippen LogP contribution >= 0.6 is 0 Å². The molecule has 18 heavy (non-hydrogen) atoms. The summed E-state index contributed by atoms with van der Waals surface area (Å²) < 4.78 is 15.0. The normalized spacial score (nSPS) is 10.8. The van der Waals surface area contributed by atoms with E-state index in [2.05, 4.69) is 10.4 Å². The molecule has 0 aliphatic rings. The van der Waals surface area contributed by atoms with Crippen LogP contribution in [-0.2, 0) is 13.1 Å². The van der Waals surface area contributed by atoms with Crippen LogP contribution in [-0.4, -0.2) is 16.3 Å². The number of benzene rings is 1. The van der Waals surface area contributed by atoms with Crippen molar-refractivity contribution in [1.82, 2.24) is 15.1 Å². The van der Waals surface area contributed by atoms with E-state index in [1.165, 1.54) is 6.07 Å². The highest BCUT2D eigenvalue weighted by atomic mass is 19.1. The summed E-state index contributed by atoms with van der Waals surface area (Å²) in [5.41, 5.74) is 1.82. The van der Waals surface area contributed by atoms with Crippen molar-refractivity contribution in [1.29, 1.82) is 0 Å². The van der Waals surface area contributed by atoms with Crippen LogP contribution in [0.1, 0.15) is 17.5 Å². The Morgan fingerprint density at radius 2 is 2.28 bits per heavy atom. The number of hydrogen-bond donors (Lipinski definition) is 1. The highest BCUT2D eigenvalue weighted by Gasteiger charge is 1.98. The highest BCUT2D eigenvalue weighted by Crippen LogP contribution is 2.08. The Kier molecular flexibility index (Phi) is 4.47. The van der Waals surface area contributed by atoms with E-state index in [1.807, 2.05) is 29.1 Å². The highest BCUT2D eigenvalue weighted by molar-refractivity contribution is 5.23. The van der Waals surface area contributed by atoms with Crippen LogP contribution in [0, 0.1) is 12.7 Å². The van der Waals surface area contributed by atoms with Crippen LogP contribution in [0.15, 0.2) is 36.7 Å². The maximum Gasteiger partial charge on any atom is 0.126 e. The molecule has 3 nitrogen and oxygen atoms in total. The molecular weight excluding hydrogens is 229 g/mol. The molecule has 0 unspecified atom stereocenters.